The Balaban J connectivity index is 1.50. The molecule has 8 heteroatoms. The topological polar surface area (TPSA) is 105 Å². The Kier molecular flexibility index (Phi) is 4.45. The minimum Gasteiger partial charge on any atom is -0.497 e. The van der Waals surface area contributed by atoms with Crippen LogP contribution in [0.1, 0.15) is 29.8 Å². The monoisotopic (exact) mass is 365 g/mol. The molecule has 0 unspecified atom stereocenters. The SMILES string of the molecule is COc1ccc2c(c1)CCC/C2=N\NCc1nc2ccc([N+](=O)[O-])cc2[nH]1. The van der Waals surface area contributed by atoms with Gasteiger partial charge in [-0.3, -0.25) is 10.1 Å². The molecule has 27 heavy (non-hydrogen) atoms. The summed E-state index contributed by atoms with van der Waals surface area (Å²) in [6.07, 6.45) is 2.99. The lowest BCUT2D eigenvalue weighted by atomic mass is 9.90. The van der Waals surface area contributed by atoms with E-state index in [1.54, 1.807) is 13.2 Å². The summed E-state index contributed by atoms with van der Waals surface area (Å²) in [5.74, 6) is 1.54. The minimum atomic E-state index is -0.417. The summed E-state index contributed by atoms with van der Waals surface area (Å²) in [7, 11) is 1.67. The molecule has 0 atom stereocenters. The van der Waals surface area contributed by atoms with Crippen LogP contribution >= 0.6 is 0 Å². The van der Waals surface area contributed by atoms with Crippen molar-refractivity contribution < 1.29 is 9.66 Å². The zero-order valence-corrected chi connectivity index (χ0v) is 14.9. The Morgan fingerprint density at radius 2 is 2.19 bits per heavy atom. The molecule has 0 aliphatic heterocycles. The quantitative estimate of drug-likeness (QED) is 0.533. The average molecular weight is 365 g/mol. The van der Waals surface area contributed by atoms with Gasteiger partial charge in [0.15, 0.2) is 0 Å². The Morgan fingerprint density at radius 3 is 3.00 bits per heavy atom. The first-order valence-electron chi connectivity index (χ1n) is 8.74. The number of nitrogens with zero attached hydrogens (tertiary/aromatic N) is 3. The van der Waals surface area contributed by atoms with Gasteiger partial charge >= 0.3 is 0 Å². The van der Waals surface area contributed by atoms with Gasteiger partial charge in [0.25, 0.3) is 5.69 Å². The van der Waals surface area contributed by atoms with Gasteiger partial charge in [0.05, 0.1) is 35.3 Å². The van der Waals surface area contributed by atoms with Crippen molar-refractivity contribution in [2.24, 2.45) is 5.10 Å². The number of hydrazone groups is 1. The molecule has 0 amide bonds. The van der Waals surface area contributed by atoms with Crippen LogP contribution in [0.3, 0.4) is 0 Å². The first kappa shape index (κ1) is 17.0. The summed E-state index contributed by atoms with van der Waals surface area (Å²) < 4.78 is 5.30. The average Bonchev–Trinajstić information content (AvgIpc) is 3.09. The van der Waals surface area contributed by atoms with E-state index < -0.39 is 4.92 Å². The number of hydrogen-bond donors (Lipinski definition) is 2. The fourth-order valence-corrected chi connectivity index (χ4v) is 3.34. The van der Waals surface area contributed by atoms with Crippen molar-refractivity contribution in [3.8, 4) is 5.75 Å². The van der Waals surface area contributed by atoms with Crippen LogP contribution in [0.2, 0.25) is 0 Å². The van der Waals surface area contributed by atoms with Gasteiger partial charge in [-0.1, -0.05) is 0 Å². The molecule has 0 bridgehead atoms. The number of aryl methyl sites for hydroxylation is 1. The number of non-ortho nitro benzene ring substituents is 1. The molecular weight excluding hydrogens is 346 g/mol. The minimum absolute atomic E-state index is 0.0418. The molecule has 0 spiro atoms. The summed E-state index contributed by atoms with van der Waals surface area (Å²) in [5.41, 5.74) is 7.86. The van der Waals surface area contributed by atoms with E-state index in [9.17, 15) is 10.1 Å². The van der Waals surface area contributed by atoms with Crippen molar-refractivity contribution in [2.75, 3.05) is 7.11 Å². The number of nitro groups is 1. The van der Waals surface area contributed by atoms with Gasteiger partial charge in [-0.05, 0) is 49.1 Å². The molecular formula is C19H19N5O3. The maximum absolute atomic E-state index is 10.9. The Bertz CT molecular complexity index is 1040. The van der Waals surface area contributed by atoms with Crippen molar-refractivity contribution in [1.82, 2.24) is 15.4 Å². The molecule has 1 aliphatic rings. The van der Waals surface area contributed by atoms with Crippen molar-refractivity contribution in [3.63, 3.8) is 0 Å². The number of ether oxygens (including phenoxy) is 1. The smallest absolute Gasteiger partial charge is 0.271 e. The first-order chi connectivity index (χ1) is 13.1. The van der Waals surface area contributed by atoms with Crippen LogP contribution in [0.4, 0.5) is 5.69 Å². The molecule has 0 radical (unpaired) electrons. The molecule has 0 fully saturated rings. The number of nitrogens with one attached hydrogen (secondary N) is 2. The lowest BCUT2D eigenvalue weighted by Gasteiger charge is -2.18. The summed E-state index contributed by atoms with van der Waals surface area (Å²) in [4.78, 5) is 18.0. The van der Waals surface area contributed by atoms with Crippen LogP contribution in [-0.4, -0.2) is 27.7 Å². The number of imidazole rings is 1. The van der Waals surface area contributed by atoms with Gasteiger partial charge in [0.2, 0.25) is 0 Å². The number of aromatic nitrogens is 2. The first-order valence-corrected chi connectivity index (χ1v) is 8.74. The predicted octanol–water partition coefficient (Wildman–Crippen LogP) is 3.31. The third-order valence-corrected chi connectivity index (χ3v) is 4.67. The third-order valence-electron chi connectivity index (χ3n) is 4.67. The van der Waals surface area contributed by atoms with Crippen LogP contribution in [0.25, 0.3) is 11.0 Å². The van der Waals surface area contributed by atoms with E-state index in [1.807, 2.05) is 12.1 Å². The van der Waals surface area contributed by atoms with Crippen LogP contribution < -0.4 is 10.2 Å². The molecule has 3 aromatic rings. The van der Waals surface area contributed by atoms with E-state index in [-0.39, 0.29) is 5.69 Å². The molecule has 0 saturated carbocycles. The van der Waals surface area contributed by atoms with Gasteiger partial charge in [-0.15, -0.1) is 0 Å². The van der Waals surface area contributed by atoms with E-state index >= 15 is 0 Å². The molecule has 138 valence electrons. The number of fused-ring (bicyclic) bond motifs is 2. The zero-order chi connectivity index (χ0) is 18.8. The van der Waals surface area contributed by atoms with E-state index in [4.69, 9.17) is 4.74 Å². The largest absolute Gasteiger partial charge is 0.497 e. The second-order valence-corrected chi connectivity index (χ2v) is 6.41. The van der Waals surface area contributed by atoms with E-state index in [0.29, 0.717) is 23.4 Å². The maximum Gasteiger partial charge on any atom is 0.271 e. The fourth-order valence-electron chi connectivity index (χ4n) is 3.34. The summed E-state index contributed by atoms with van der Waals surface area (Å²) >= 11 is 0. The molecule has 0 saturated heterocycles. The van der Waals surface area contributed by atoms with Crippen molar-refractivity contribution >= 4 is 22.4 Å². The van der Waals surface area contributed by atoms with Crippen LogP contribution in [0, 0.1) is 10.1 Å². The summed E-state index contributed by atoms with van der Waals surface area (Å²) in [5, 5.41) is 15.4. The van der Waals surface area contributed by atoms with Gasteiger partial charge in [0.1, 0.15) is 11.6 Å². The predicted molar refractivity (Wildman–Crippen MR) is 102 cm³/mol. The van der Waals surface area contributed by atoms with Crippen molar-refractivity contribution in [3.05, 3.63) is 63.5 Å². The van der Waals surface area contributed by atoms with Gasteiger partial charge < -0.3 is 15.1 Å². The van der Waals surface area contributed by atoms with Crippen molar-refractivity contribution in [1.29, 1.82) is 0 Å². The highest BCUT2D eigenvalue weighted by atomic mass is 16.6. The lowest BCUT2D eigenvalue weighted by molar-refractivity contribution is -0.384. The third kappa shape index (κ3) is 3.46. The number of rotatable bonds is 5. The number of methoxy groups -OCH3 is 1. The Labute approximate surface area is 155 Å². The standard InChI is InChI=1S/C19H19N5O3/c1-27-14-6-7-15-12(9-14)3-2-4-16(15)23-20-11-19-21-17-8-5-13(24(25)26)10-18(17)22-19/h5-10,20H,2-4,11H2,1H3,(H,21,22)/b23-16+. The molecule has 1 aromatic heterocycles. The molecule has 8 nitrogen and oxygen atoms in total. The number of hydrogen-bond acceptors (Lipinski definition) is 6. The zero-order valence-electron chi connectivity index (χ0n) is 14.9. The van der Waals surface area contributed by atoms with Gasteiger partial charge in [-0.25, -0.2) is 4.98 Å². The van der Waals surface area contributed by atoms with Crippen LogP contribution in [0.5, 0.6) is 5.75 Å². The second kappa shape index (κ2) is 7.06. The summed E-state index contributed by atoms with van der Waals surface area (Å²) in [6, 6.07) is 10.6. The van der Waals surface area contributed by atoms with E-state index in [1.165, 1.54) is 17.7 Å². The second-order valence-electron chi connectivity index (χ2n) is 6.41. The molecule has 4 rings (SSSR count). The number of H-pyrrole nitrogens is 1. The summed E-state index contributed by atoms with van der Waals surface area (Å²) in [6.45, 7) is 0.414. The maximum atomic E-state index is 10.9. The fraction of sp³-hybridized carbons (Fsp3) is 0.263. The van der Waals surface area contributed by atoms with Crippen LogP contribution in [-0.2, 0) is 13.0 Å². The Morgan fingerprint density at radius 1 is 1.30 bits per heavy atom. The van der Waals surface area contributed by atoms with Crippen molar-refractivity contribution in [2.45, 2.75) is 25.8 Å². The van der Waals surface area contributed by atoms with E-state index in [0.717, 1.165) is 36.3 Å². The van der Waals surface area contributed by atoms with Gasteiger partial charge in [-0.2, -0.15) is 5.10 Å². The number of benzene rings is 2. The van der Waals surface area contributed by atoms with Crippen LogP contribution in [0.15, 0.2) is 41.5 Å². The normalized spacial score (nSPS) is 14.9. The highest BCUT2D eigenvalue weighted by Crippen LogP contribution is 2.25. The van der Waals surface area contributed by atoms with Gasteiger partial charge in [0, 0.05) is 17.7 Å². The molecule has 1 aliphatic carbocycles. The molecule has 1 heterocycles. The van der Waals surface area contributed by atoms with E-state index in [2.05, 4.69) is 26.6 Å². The highest BCUT2D eigenvalue weighted by molar-refractivity contribution is 6.02. The number of nitro benzene ring substituents is 1. The lowest BCUT2D eigenvalue weighted by Crippen LogP contribution is -2.17. The Hall–Kier alpha value is -3.42. The number of aromatic amines is 1. The molecule has 2 N–H and O–H groups in total. The highest BCUT2D eigenvalue weighted by Gasteiger charge is 2.16. The molecule has 2 aromatic carbocycles.